The lowest BCUT2D eigenvalue weighted by Gasteiger charge is -2.32. The Labute approximate surface area is 177 Å². The maximum Gasteiger partial charge on any atom is 0.220 e. The molecule has 1 heterocycles. The van der Waals surface area contributed by atoms with Crippen molar-refractivity contribution < 1.29 is 14.3 Å². The highest BCUT2D eigenvalue weighted by Crippen LogP contribution is 2.17. The highest BCUT2D eigenvalue weighted by Gasteiger charge is 2.20. The SMILES string of the molecule is COc1cccc(CCC(=O)NC2CCN(CCOc3ccc(Cl)cc3)CC2)c1. The molecule has 0 spiro atoms. The molecular weight excluding hydrogens is 388 g/mol. The molecule has 0 radical (unpaired) electrons. The minimum Gasteiger partial charge on any atom is -0.497 e. The van der Waals surface area contributed by atoms with Crippen molar-refractivity contribution in [2.24, 2.45) is 0 Å². The molecule has 0 atom stereocenters. The van der Waals surface area contributed by atoms with Crippen LogP contribution in [0.2, 0.25) is 5.02 Å². The van der Waals surface area contributed by atoms with Gasteiger partial charge >= 0.3 is 0 Å². The predicted molar refractivity (Wildman–Crippen MR) is 116 cm³/mol. The van der Waals surface area contributed by atoms with Crippen LogP contribution >= 0.6 is 11.6 Å². The molecule has 0 bridgehead atoms. The topological polar surface area (TPSA) is 50.8 Å². The van der Waals surface area contributed by atoms with Gasteiger partial charge < -0.3 is 14.8 Å². The van der Waals surface area contributed by atoms with E-state index in [4.69, 9.17) is 21.1 Å². The maximum atomic E-state index is 12.3. The zero-order chi connectivity index (χ0) is 20.5. The van der Waals surface area contributed by atoms with Crippen molar-refractivity contribution in [1.82, 2.24) is 10.2 Å². The average Bonchev–Trinajstić information content (AvgIpc) is 2.75. The van der Waals surface area contributed by atoms with Crippen LogP contribution in [0.3, 0.4) is 0 Å². The quantitative estimate of drug-likeness (QED) is 0.672. The zero-order valence-electron chi connectivity index (χ0n) is 16.9. The summed E-state index contributed by atoms with van der Waals surface area (Å²) in [6, 6.07) is 15.6. The van der Waals surface area contributed by atoms with E-state index in [0.717, 1.165) is 56.0 Å². The first-order valence-corrected chi connectivity index (χ1v) is 10.5. The number of nitrogens with one attached hydrogen (secondary N) is 1. The molecule has 3 rings (SSSR count). The summed E-state index contributed by atoms with van der Waals surface area (Å²) in [5, 5.41) is 3.90. The van der Waals surface area contributed by atoms with Gasteiger partial charge in [-0.1, -0.05) is 23.7 Å². The molecule has 1 saturated heterocycles. The Balaban J connectivity index is 1.30. The van der Waals surface area contributed by atoms with Gasteiger partial charge in [-0.25, -0.2) is 0 Å². The minimum atomic E-state index is 0.123. The fourth-order valence-corrected chi connectivity index (χ4v) is 3.64. The van der Waals surface area contributed by atoms with Crippen LogP contribution in [-0.2, 0) is 11.2 Å². The number of piperidine rings is 1. The smallest absolute Gasteiger partial charge is 0.220 e. The van der Waals surface area contributed by atoms with Gasteiger partial charge in [0.05, 0.1) is 7.11 Å². The zero-order valence-corrected chi connectivity index (χ0v) is 17.7. The minimum absolute atomic E-state index is 0.123. The molecule has 29 heavy (non-hydrogen) atoms. The molecule has 1 N–H and O–H groups in total. The Morgan fingerprint density at radius 3 is 2.62 bits per heavy atom. The number of aryl methyl sites for hydroxylation is 1. The molecule has 0 unspecified atom stereocenters. The fraction of sp³-hybridized carbons (Fsp3) is 0.435. The van der Waals surface area contributed by atoms with Crippen molar-refractivity contribution in [3.8, 4) is 11.5 Å². The number of hydrogen-bond donors (Lipinski definition) is 1. The van der Waals surface area contributed by atoms with E-state index in [-0.39, 0.29) is 11.9 Å². The molecule has 1 aliphatic rings. The number of carbonyl (C=O) groups excluding carboxylic acids is 1. The van der Waals surface area contributed by atoms with E-state index < -0.39 is 0 Å². The first-order chi connectivity index (χ1) is 14.1. The van der Waals surface area contributed by atoms with Gasteiger partial charge in [-0.2, -0.15) is 0 Å². The van der Waals surface area contributed by atoms with Gasteiger partial charge in [0, 0.05) is 37.1 Å². The van der Waals surface area contributed by atoms with Gasteiger partial charge in [-0.15, -0.1) is 0 Å². The molecule has 1 aliphatic heterocycles. The second kappa shape index (κ2) is 11.1. The predicted octanol–water partition coefficient (Wildman–Crippen LogP) is 3.94. The van der Waals surface area contributed by atoms with Gasteiger partial charge in [0.15, 0.2) is 0 Å². The van der Waals surface area contributed by atoms with Crippen LogP contribution in [0.15, 0.2) is 48.5 Å². The van der Waals surface area contributed by atoms with E-state index in [1.807, 2.05) is 48.5 Å². The molecule has 156 valence electrons. The lowest BCUT2D eigenvalue weighted by Crippen LogP contribution is -2.45. The number of nitrogens with zero attached hydrogens (tertiary/aromatic N) is 1. The summed E-state index contributed by atoms with van der Waals surface area (Å²) in [5.74, 6) is 1.79. The van der Waals surface area contributed by atoms with Crippen LogP contribution in [0.4, 0.5) is 0 Å². The molecule has 1 fully saturated rings. The third-order valence-electron chi connectivity index (χ3n) is 5.22. The number of ether oxygens (including phenoxy) is 2. The molecule has 0 saturated carbocycles. The molecule has 0 aromatic heterocycles. The summed E-state index contributed by atoms with van der Waals surface area (Å²) in [6.45, 7) is 3.49. The van der Waals surface area contributed by atoms with E-state index in [9.17, 15) is 4.79 Å². The number of benzene rings is 2. The number of methoxy groups -OCH3 is 1. The molecule has 5 nitrogen and oxygen atoms in total. The highest BCUT2D eigenvalue weighted by molar-refractivity contribution is 6.30. The van der Waals surface area contributed by atoms with Gasteiger partial charge in [0.25, 0.3) is 0 Å². The van der Waals surface area contributed by atoms with Crippen LogP contribution in [0.5, 0.6) is 11.5 Å². The van der Waals surface area contributed by atoms with E-state index in [1.165, 1.54) is 0 Å². The third-order valence-corrected chi connectivity index (χ3v) is 5.47. The third kappa shape index (κ3) is 7.26. The Morgan fingerprint density at radius 2 is 1.90 bits per heavy atom. The number of carbonyl (C=O) groups is 1. The van der Waals surface area contributed by atoms with Gasteiger partial charge in [0.2, 0.25) is 5.91 Å². The number of likely N-dealkylation sites (tertiary alicyclic amines) is 1. The average molecular weight is 417 g/mol. The molecule has 2 aromatic rings. The van der Waals surface area contributed by atoms with Crippen LogP contribution in [0.1, 0.15) is 24.8 Å². The summed E-state index contributed by atoms with van der Waals surface area (Å²) < 4.78 is 11.0. The second-order valence-corrected chi connectivity index (χ2v) is 7.77. The monoisotopic (exact) mass is 416 g/mol. The Hall–Kier alpha value is -2.24. The van der Waals surface area contributed by atoms with Crippen molar-refractivity contribution in [2.45, 2.75) is 31.7 Å². The van der Waals surface area contributed by atoms with Crippen molar-refractivity contribution in [2.75, 3.05) is 33.4 Å². The van der Waals surface area contributed by atoms with E-state index >= 15 is 0 Å². The van der Waals surface area contributed by atoms with Crippen molar-refractivity contribution in [3.05, 3.63) is 59.1 Å². The normalized spacial score (nSPS) is 15.1. The van der Waals surface area contributed by atoms with Crippen molar-refractivity contribution >= 4 is 17.5 Å². The van der Waals surface area contributed by atoms with Gasteiger partial charge in [0.1, 0.15) is 18.1 Å². The van der Waals surface area contributed by atoms with Crippen molar-refractivity contribution in [1.29, 1.82) is 0 Å². The summed E-state index contributed by atoms with van der Waals surface area (Å²) in [6.07, 6.45) is 3.18. The molecule has 6 heteroatoms. The molecule has 0 aliphatic carbocycles. The number of halogens is 1. The summed E-state index contributed by atoms with van der Waals surface area (Å²) >= 11 is 5.88. The summed E-state index contributed by atoms with van der Waals surface area (Å²) in [7, 11) is 1.65. The van der Waals surface area contributed by atoms with Crippen LogP contribution in [0.25, 0.3) is 0 Å². The molecular formula is C23H29ClN2O3. The van der Waals surface area contributed by atoms with Gasteiger partial charge in [-0.05, 0) is 61.2 Å². The maximum absolute atomic E-state index is 12.3. The Kier molecular flexibility index (Phi) is 8.20. The van der Waals surface area contributed by atoms with Crippen LogP contribution in [-0.4, -0.2) is 50.2 Å². The van der Waals surface area contributed by atoms with Gasteiger partial charge in [-0.3, -0.25) is 9.69 Å². The fourth-order valence-electron chi connectivity index (χ4n) is 3.51. The number of amides is 1. The lowest BCUT2D eigenvalue weighted by molar-refractivity contribution is -0.122. The Bertz CT molecular complexity index is 774. The van der Waals surface area contributed by atoms with Crippen LogP contribution in [0, 0.1) is 0 Å². The first kappa shape index (κ1) is 21.5. The largest absolute Gasteiger partial charge is 0.497 e. The second-order valence-electron chi connectivity index (χ2n) is 7.34. The van der Waals surface area contributed by atoms with Crippen molar-refractivity contribution in [3.63, 3.8) is 0 Å². The van der Waals surface area contributed by atoms with E-state index in [0.29, 0.717) is 18.1 Å². The molecule has 1 amide bonds. The number of hydrogen-bond acceptors (Lipinski definition) is 4. The highest BCUT2D eigenvalue weighted by atomic mass is 35.5. The number of rotatable bonds is 9. The molecule has 2 aromatic carbocycles. The summed E-state index contributed by atoms with van der Waals surface area (Å²) in [4.78, 5) is 14.7. The first-order valence-electron chi connectivity index (χ1n) is 10.2. The summed E-state index contributed by atoms with van der Waals surface area (Å²) in [5.41, 5.74) is 1.12. The lowest BCUT2D eigenvalue weighted by atomic mass is 10.0. The van der Waals surface area contributed by atoms with E-state index in [1.54, 1.807) is 7.11 Å². The standard InChI is InChI=1S/C23H29ClN2O3/c1-28-22-4-2-3-18(17-22)5-10-23(27)25-20-11-13-26(14-12-20)15-16-29-21-8-6-19(24)7-9-21/h2-4,6-9,17,20H,5,10-16H2,1H3,(H,25,27). The Morgan fingerprint density at radius 1 is 1.14 bits per heavy atom. The van der Waals surface area contributed by atoms with E-state index in [2.05, 4.69) is 10.2 Å². The van der Waals surface area contributed by atoms with Crippen LogP contribution < -0.4 is 14.8 Å².